The molecule has 0 saturated carbocycles. The summed E-state index contributed by atoms with van der Waals surface area (Å²) in [4.78, 5) is 2.57. The molecule has 0 spiro atoms. The van der Waals surface area contributed by atoms with Gasteiger partial charge >= 0.3 is 0 Å². The molecule has 1 aliphatic heterocycles. The minimum absolute atomic E-state index is 0.287. The topological polar surface area (TPSA) is 24.5 Å². The van der Waals surface area contributed by atoms with Crippen LogP contribution < -0.4 is 10.1 Å². The van der Waals surface area contributed by atoms with Crippen molar-refractivity contribution in [2.45, 2.75) is 53.2 Å². The zero-order valence-electron chi connectivity index (χ0n) is 14.4. The summed E-state index contributed by atoms with van der Waals surface area (Å²) in [6, 6.07) is 7.53. The van der Waals surface area contributed by atoms with Gasteiger partial charge in [-0.3, -0.25) is 4.90 Å². The predicted molar refractivity (Wildman–Crippen MR) is 88.8 cm³/mol. The lowest BCUT2D eigenvalue weighted by atomic mass is 9.84. The SMILES string of the molecule is COc1ccc(C)cc1CN1CC(C(C)(C)C)NCC1C. The molecule has 1 aromatic carbocycles. The van der Waals surface area contributed by atoms with E-state index in [1.807, 2.05) is 0 Å². The Labute approximate surface area is 129 Å². The van der Waals surface area contributed by atoms with Crippen LogP contribution in [0.1, 0.15) is 38.8 Å². The number of benzene rings is 1. The van der Waals surface area contributed by atoms with Crippen LogP contribution in [0.4, 0.5) is 0 Å². The van der Waals surface area contributed by atoms with Gasteiger partial charge in [0, 0.05) is 37.3 Å². The minimum Gasteiger partial charge on any atom is -0.496 e. The zero-order valence-corrected chi connectivity index (χ0v) is 14.4. The monoisotopic (exact) mass is 290 g/mol. The van der Waals surface area contributed by atoms with Crippen molar-refractivity contribution in [3.63, 3.8) is 0 Å². The van der Waals surface area contributed by atoms with Gasteiger partial charge in [-0.05, 0) is 25.3 Å². The lowest BCUT2D eigenvalue weighted by Crippen LogP contribution is -2.59. The van der Waals surface area contributed by atoms with Crippen LogP contribution in [0.2, 0.25) is 0 Å². The molecule has 0 aliphatic carbocycles. The molecule has 1 saturated heterocycles. The highest BCUT2D eigenvalue weighted by Gasteiger charge is 2.32. The molecule has 1 N–H and O–H groups in total. The molecular weight excluding hydrogens is 260 g/mol. The maximum Gasteiger partial charge on any atom is 0.123 e. The van der Waals surface area contributed by atoms with Gasteiger partial charge in [0.2, 0.25) is 0 Å². The summed E-state index contributed by atoms with van der Waals surface area (Å²) in [5.41, 5.74) is 2.87. The number of aryl methyl sites for hydroxylation is 1. The lowest BCUT2D eigenvalue weighted by molar-refractivity contribution is 0.0870. The Morgan fingerprint density at radius 1 is 1.33 bits per heavy atom. The molecule has 0 bridgehead atoms. The Hall–Kier alpha value is -1.06. The number of rotatable bonds is 3. The van der Waals surface area contributed by atoms with Crippen molar-refractivity contribution in [2.24, 2.45) is 5.41 Å². The Kier molecular flexibility index (Phi) is 4.95. The number of methoxy groups -OCH3 is 1. The average Bonchev–Trinajstić information content (AvgIpc) is 2.40. The van der Waals surface area contributed by atoms with Crippen LogP contribution in [-0.2, 0) is 6.54 Å². The highest BCUT2D eigenvalue weighted by atomic mass is 16.5. The summed E-state index contributed by atoms with van der Waals surface area (Å²) in [5.74, 6) is 0.999. The van der Waals surface area contributed by atoms with Gasteiger partial charge in [-0.25, -0.2) is 0 Å². The van der Waals surface area contributed by atoms with E-state index in [0.29, 0.717) is 12.1 Å². The number of hydrogen-bond acceptors (Lipinski definition) is 3. The Balaban J connectivity index is 2.15. The molecule has 118 valence electrons. The van der Waals surface area contributed by atoms with E-state index in [2.05, 4.69) is 63.0 Å². The van der Waals surface area contributed by atoms with Crippen molar-refractivity contribution >= 4 is 0 Å². The van der Waals surface area contributed by atoms with E-state index in [1.165, 1.54) is 11.1 Å². The van der Waals surface area contributed by atoms with E-state index in [9.17, 15) is 0 Å². The van der Waals surface area contributed by atoms with E-state index in [-0.39, 0.29) is 5.41 Å². The van der Waals surface area contributed by atoms with E-state index < -0.39 is 0 Å². The molecular formula is C18H30N2O. The van der Waals surface area contributed by atoms with Gasteiger partial charge in [0.1, 0.15) is 5.75 Å². The molecule has 0 amide bonds. The first-order valence-corrected chi connectivity index (χ1v) is 7.92. The maximum atomic E-state index is 5.53. The summed E-state index contributed by atoms with van der Waals surface area (Å²) in [5, 5.41) is 3.69. The zero-order chi connectivity index (χ0) is 15.6. The van der Waals surface area contributed by atoms with Gasteiger partial charge in [0.15, 0.2) is 0 Å². The number of hydrogen-bond donors (Lipinski definition) is 1. The summed E-state index contributed by atoms with van der Waals surface area (Å²) in [6.45, 7) is 14.5. The molecule has 0 aromatic heterocycles. The third-order valence-corrected chi connectivity index (χ3v) is 4.55. The molecule has 2 unspecified atom stereocenters. The van der Waals surface area contributed by atoms with Crippen molar-refractivity contribution < 1.29 is 4.74 Å². The second kappa shape index (κ2) is 6.37. The summed E-state index contributed by atoms with van der Waals surface area (Å²) in [7, 11) is 1.76. The predicted octanol–water partition coefficient (Wildman–Crippen LogP) is 3.21. The molecule has 2 atom stereocenters. The third-order valence-electron chi connectivity index (χ3n) is 4.55. The van der Waals surface area contributed by atoms with E-state index in [0.717, 1.165) is 25.4 Å². The molecule has 21 heavy (non-hydrogen) atoms. The molecule has 2 rings (SSSR count). The number of ether oxygens (including phenoxy) is 1. The fraction of sp³-hybridized carbons (Fsp3) is 0.667. The maximum absolute atomic E-state index is 5.53. The first-order chi connectivity index (χ1) is 9.81. The average molecular weight is 290 g/mol. The van der Waals surface area contributed by atoms with Crippen LogP contribution in [0.25, 0.3) is 0 Å². The van der Waals surface area contributed by atoms with Gasteiger partial charge < -0.3 is 10.1 Å². The summed E-state index contributed by atoms with van der Waals surface area (Å²) < 4.78 is 5.53. The molecule has 1 fully saturated rings. The first kappa shape index (κ1) is 16.3. The van der Waals surface area contributed by atoms with Crippen molar-refractivity contribution in [3.8, 4) is 5.75 Å². The smallest absolute Gasteiger partial charge is 0.123 e. The van der Waals surface area contributed by atoms with Gasteiger partial charge in [0.05, 0.1) is 7.11 Å². The second-order valence-electron chi connectivity index (χ2n) is 7.42. The van der Waals surface area contributed by atoms with Crippen LogP contribution >= 0.6 is 0 Å². The lowest BCUT2D eigenvalue weighted by Gasteiger charge is -2.44. The van der Waals surface area contributed by atoms with Crippen LogP contribution in [0.5, 0.6) is 5.75 Å². The molecule has 1 aromatic rings. The number of nitrogens with zero attached hydrogens (tertiary/aromatic N) is 1. The highest BCUT2D eigenvalue weighted by Crippen LogP contribution is 2.27. The van der Waals surface area contributed by atoms with Gasteiger partial charge in [0.25, 0.3) is 0 Å². The van der Waals surface area contributed by atoms with E-state index >= 15 is 0 Å². The largest absolute Gasteiger partial charge is 0.496 e. The van der Waals surface area contributed by atoms with Crippen molar-refractivity contribution in [1.29, 1.82) is 0 Å². The highest BCUT2D eigenvalue weighted by molar-refractivity contribution is 5.36. The van der Waals surface area contributed by atoms with Crippen LogP contribution in [0.3, 0.4) is 0 Å². The normalized spacial score (nSPS) is 24.1. The molecule has 0 radical (unpaired) electrons. The Morgan fingerprint density at radius 3 is 2.67 bits per heavy atom. The van der Waals surface area contributed by atoms with Gasteiger partial charge in [-0.1, -0.05) is 38.5 Å². The second-order valence-corrected chi connectivity index (χ2v) is 7.42. The van der Waals surface area contributed by atoms with Crippen molar-refractivity contribution in [1.82, 2.24) is 10.2 Å². The van der Waals surface area contributed by atoms with Crippen molar-refractivity contribution in [3.05, 3.63) is 29.3 Å². The molecule has 3 nitrogen and oxygen atoms in total. The quantitative estimate of drug-likeness (QED) is 0.925. The molecule has 3 heteroatoms. The molecule has 1 aliphatic rings. The van der Waals surface area contributed by atoms with E-state index in [4.69, 9.17) is 4.74 Å². The fourth-order valence-electron chi connectivity index (χ4n) is 2.97. The van der Waals surface area contributed by atoms with Gasteiger partial charge in [-0.15, -0.1) is 0 Å². The summed E-state index contributed by atoms with van der Waals surface area (Å²) in [6.07, 6.45) is 0. The standard InChI is InChI=1S/C18H30N2O/c1-13-7-8-16(21-6)15(9-13)11-20-12-17(18(3,4)5)19-10-14(20)2/h7-9,14,17,19H,10-12H2,1-6H3. The fourth-order valence-corrected chi connectivity index (χ4v) is 2.97. The Morgan fingerprint density at radius 2 is 2.05 bits per heavy atom. The van der Waals surface area contributed by atoms with Crippen molar-refractivity contribution in [2.75, 3.05) is 20.2 Å². The molecule has 1 heterocycles. The van der Waals surface area contributed by atoms with Gasteiger partial charge in [-0.2, -0.15) is 0 Å². The van der Waals surface area contributed by atoms with Crippen LogP contribution in [0, 0.1) is 12.3 Å². The number of piperazine rings is 1. The van der Waals surface area contributed by atoms with Crippen LogP contribution in [-0.4, -0.2) is 37.2 Å². The van der Waals surface area contributed by atoms with E-state index in [1.54, 1.807) is 7.11 Å². The Bertz CT molecular complexity index is 479. The van der Waals surface area contributed by atoms with Crippen LogP contribution in [0.15, 0.2) is 18.2 Å². The minimum atomic E-state index is 0.287. The number of nitrogens with one attached hydrogen (secondary N) is 1. The third kappa shape index (κ3) is 3.98. The first-order valence-electron chi connectivity index (χ1n) is 7.92. The summed E-state index contributed by atoms with van der Waals surface area (Å²) >= 11 is 0.